The first-order chi connectivity index (χ1) is 12.7. The molecule has 3 aromatic rings. The summed E-state index contributed by atoms with van der Waals surface area (Å²) in [5.41, 5.74) is 2.33. The Morgan fingerprint density at radius 1 is 1.19 bits per heavy atom. The van der Waals surface area contributed by atoms with Crippen LogP contribution in [0.2, 0.25) is 0 Å². The van der Waals surface area contributed by atoms with Crippen LogP contribution in [-0.2, 0) is 4.79 Å². The molecule has 8 heteroatoms. The van der Waals surface area contributed by atoms with Crippen molar-refractivity contribution in [1.29, 1.82) is 0 Å². The SMILES string of the molecule is CC(=O)N1CCC(Nc2nc(Nc3ccccc3)c3[nH]cnc3n2)CC1. The molecule has 1 fully saturated rings. The molecule has 1 amide bonds. The number of H-pyrrole nitrogens is 1. The highest BCUT2D eigenvalue weighted by Crippen LogP contribution is 2.24. The first-order valence-electron chi connectivity index (χ1n) is 8.74. The average Bonchev–Trinajstić information content (AvgIpc) is 3.12. The predicted octanol–water partition coefficient (Wildman–Crippen LogP) is 2.52. The normalized spacial score (nSPS) is 15.2. The van der Waals surface area contributed by atoms with Crippen molar-refractivity contribution >= 4 is 34.5 Å². The van der Waals surface area contributed by atoms with Crippen LogP contribution in [0, 0.1) is 0 Å². The van der Waals surface area contributed by atoms with Gasteiger partial charge in [-0.2, -0.15) is 9.97 Å². The zero-order chi connectivity index (χ0) is 17.9. The number of para-hydroxylation sites is 1. The molecule has 1 aliphatic heterocycles. The molecule has 1 aliphatic rings. The molecule has 1 aromatic carbocycles. The number of piperidine rings is 1. The molecule has 8 nitrogen and oxygen atoms in total. The lowest BCUT2D eigenvalue weighted by Crippen LogP contribution is -2.41. The standard InChI is InChI=1S/C18H21N7O/c1-12(26)25-9-7-14(8-10-25)22-18-23-16-15(19-11-20-16)17(24-18)21-13-5-3-2-4-6-13/h2-6,11,14H,7-10H2,1H3,(H3,19,20,21,22,23,24). The van der Waals surface area contributed by atoms with Gasteiger partial charge in [0.15, 0.2) is 11.5 Å². The highest BCUT2D eigenvalue weighted by atomic mass is 16.2. The number of benzene rings is 1. The van der Waals surface area contributed by atoms with Gasteiger partial charge in [0.25, 0.3) is 0 Å². The third-order valence-electron chi connectivity index (χ3n) is 4.60. The predicted molar refractivity (Wildman–Crippen MR) is 100 cm³/mol. The van der Waals surface area contributed by atoms with E-state index in [0.717, 1.165) is 37.1 Å². The number of likely N-dealkylation sites (tertiary alicyclic amines) is 1. The van der Waals surface area contributed by atoms with Gasteiger partial charge < -0.3 is 20.5 Å². The lowest BCUT2D eigenvalue weighted by atomic mass is 10.1. The smallest absolute Gasteiger partial charge is 0.227 e. The van der Waals surface area contributed by atoms with E-state index in [-0.39, 0.29) is 11.9 Å². The van der Waals surface area contributed by atoms with Crippen LogP contribution in [0.25, 0.3) is 11.2 Å². The van der Waals surface area contributed by atoms with Crippen LogP contribution in [0.3, 0.4) is 0 Å². The molecule has 0 unspecified atom stereocenters. The molecule has 0 radical (unpaired) electrons. The molecule has 0 spiro atoms. The van der Waals surface area contributed by atoms with Gasteiger partial charge in [0.1, 0.15) is 5.52 Å². The molecule has 4 rings (SSSR count). The van der Waals surface area contributed by atoms with Crippen LogP contribution < -0.4 is 10.6 Å². The van der Waals surface area contributed by atoms with Gasteiger partial charge in [-0.05, 0) is 25.0 Å². The van der Waals surface area contributed by atoms with Gasteiger partial charge in [-0.15, -0.1) is 0 Å². The number of nitrogens with zero attached hydrogens (tertiary/aromatic N) is 4. The van der Waals surface area contributed by atoms with E-state index in [4.69, 9.17) is 0 Å². The van der Waals surface area contributed by atoms with Crippen molar-refractivity contribution in [2.75, 3.05) is 23.7 Å². The minimum Gasteiger partial charge on any atom is -0.351 e. The van der Waals surface area contributed by atoms with Crippen LogP contribution in [0.5, 0.6) is 0 Å². The summed E-state index contributed by atoms with van der Waals surface area (Å²) in [4.78, 5) is 29.8. The topological polar surface area (TPSA) is 98.8 Å². The maximum Gasteiger partial charge on any atom is 0.227 e. The van der Waals surface area contributed by atoms with E-state index in [1.807, 2.05) is 35.2 Å². The van der Waals surface area contributed by atoms with E-state index in [0.29, 0.717) is 17.4 Å². The number of amides is 1. The van der Waals surface area contributed by atoms with E-state index in [1.54, 1.807) is 13.3 Å². The fourth-order valence-corrected chi connectivity index (χ4v) is 3.17. The van der Waals surface area contributed by atoms with Crippen molar-refractivity contribution in [3.8, 4) is 0 Å². The number of hydrogen-bond acceptors (Lipinski definition) is 6. The Bertz CT molecular complexity index is 900. The van der Waals surface area contributed by atoms with Crippen LogP contribution in [0.4, 0.5) is 17.5 Å². The van der Waals surface area contributed by atoms with Crippen LogP contribution in [0.15, 0.2) is 36.7 Å². The van der Waals surface area contributed by atoms with Crippen molar-refractivity contribution in [2.45, 2.75) is 25.8 Å². The maximum absolute atomic E-state index is 11.5. The number of fused-ring (bicyclic) bond motifs is 1. The highest BCUT2D eigenvalue weighted by Gasteiger charge is 2.21. The Balaban J connectivity index is 1.54. The summed E-state index contributed by atoms with van der Waals surface area (Å²) in [5.74, 6) is 1.36. The summed E-state index contributed by atoms with van der Waals surface area (Å²) in [6, 6.07) is 10.1. The number of anilines is 3. The first kappa shape index (κ1) is 16.3. The first-order valence-corrected chi connectivity index (χ1v) is 8.74. The van der Waals surface area contributed by atoms with E-state index in [9.17, 15) is 4.79 Å². The molecule has 0 bridgehead atoms. The Morgan fingerprint density at radius 2 is 1.96 bits per heavy atom. The molecule has 134 valence electrons. The molecule has 3 N–H and O–H groups in total. The number of carbonyl (C=O) groups excluding carboxylic acids is 1. The molecule has 0 saturated carbocycles. The van der Waals surface area contributed by atoms with Gasteiger partial charge in [-0.1, -0.05) is 18.2 Å². The monoisotopic (exact) mass is 351 g/mol. The van der Waals surface area contributed by atoms with Crippen molar-refractivity contribution in [2.24, 2.45) is 0 Å². The molecule has 26 heavy (non-hydrogen) atoms. The molecular weight excluding hydrogens is 330 g/mol. The Morgan fingerprint density at radius 3 is 2.69 bits per heavy atom. The third kappa shape index (κ3) is 3.44. The third-order valence-corrected chi connectivity index (χ3v) is 4.60. The van der Waals surface area contributed by atoms with Gasteiger partial charge in [0.2, 0.25) is 11.9 Å². The molecule has 3 heterocycles. The molecular formula is C18H21N7O. The Hall–Kier alpha value is -3.16. The quantitative estimate of drug-likeness (QED) is 0.668. The second-order valence-electron chi connectivity index (χ2n) is 6.41. The Kier molecular flexibility index (Phi) is 4.39. The van der Waals surface area contributed by atoms with Crippen molar-refractivity contribution < 1.29 is 4.79 Å². The fourth-order valence-electron chi connectivity index (χ4n) is 3.17. The number of hydrogen-bond donors (Lipinski definition) is 3. The maximum atomic E-state index is 11.5. The van der Waals surface area contributed by atoms with E-state index >= 15 is 0 Å². The van der Waals surface area contributed by atoms with Crippen LogP contribution in [0.1, 0.15) is 19.8 Å². The van der Waals surface area contributed by atoms with Gasteiger partial charge in [0, 0.05) is 31.7 Å². The summed E-state index contributed by atoms with van der Waals surface area (Å²) in [7, 11) is 0. The molecule has 0 atom stereocenters. The number of rotatable bonds is 4. The number of aromatic amines is 1. The van der Waals surface area contributed by atoms with Gasteiger partial charge in [0.05, 0.1) is 6.33 Å². The lowest BCUT2D eigenvalue weighted by Gasteiger charge is -2.31. The summed E-state index contributed by atoms with van der Waals surface area (Å²) in [6.45, 7) is 3.13. The van der Waals surface area contributed by atoms with E-state index in [2.05, 4.69) is 30.6 Å². The number of imidazole rings is 1. The van der Waals surface area contributed by atoms with Crippen LogP contribution >= 0.6 is 0 Å². The van der Waals surface area contributed by atoms with Crippen LogP contribution in [-0.4, -0.2) is 49.9 Å². The van der Waals surface area contributed by atoms with Crippen molar-refractivity contribution in [3.05, 3.63) is 36.7 Å². The lowest BCUT2D eigenvalue weighted by molar-refractivity contribution is -0.129. The van der Waals surface area contributed by atoms with Crippen molar-refractivity contribution in [3.63, 3.8) is 0 Å². The Labute approximate surface area is 151 Å². The second kappa shape index (κ2) is 6.99. The zero-order valence-corrected chi connectivity index (χ0v) is 14.6. The number of aromatic nitrogens is 4. The van der Waals surface area contributed by atoms with Crippen molar-refractivity contribution in [1.82, 2.24) is 24.8 Å². The largest absolute Gasteiger partial charge is 0.351 e. The van der Waals surface area contributed by atoms with Gasteiger partial charge >= 0.3 is 0 Å². The molecule has 2 aromatic heterocycles. The minimum atomic E-state index is 0.131. The highest BCUT2D eigenvalue weighted by molar-refractivity contribution is 5.86. The zero-order valence-electron chi connectivity index (χ0n) is 14.6. The average molecular weight is 351 g/mol. The summed E-state index contributed by atoms with van der Waals surface area (Å²) in [5, 5.41) is 6.71. The number of nitrogens with one attached hydrogen (secondary N) is 3. The van der Waals surface area contributed by atoms with Gasteiger partial charge in [-0.25, -0.2) is 4.98 Å². The van der Waals surface area contributed by atoms with E-state index in [1.165, 1.54) is 0 Å². The van der Waals surface area contributed by atoms with E-state index < -0.39 is 0 Å². The fraction of sp³-hybridized carbons (Fsp3) is 0.333. The number of carbonyl (C=O) groups is 1. The second-order valence-corrected chi connectivity index (χ2v) is 6.41. The van der Waals surface area contributed by atoms with Gasteiger partial charge in [-0.3, -0.25) is 4.79 Å². The minimum absolute atomic E-state index is 0.131. The summed E-state index contributed by atoms with van der Waals surface area (Å²) in [6.07, 6.45) is 3.37. The molecule has 0 aliphatic carbocycles. The molecule has 1 saturated heterocycles. The summed E-state index contributed by atoms with van der Waals surface area (Å²) < 4.78 is 0. The summed E-state index contributed by atoms with van der Waals surface area (Å²) >= 11 is 0.